The molecule has 0 fully saturated rings. The van der Waals surface area contributed by atoms with Crippen LogP contribution in [-0.4, -0.2) is 5.78 Å². The fourth-order valence-electron chi connectivity index (χ4n) is 3.36. The van der Waals surface area contributed by atoms with Crippen molar-refractivity contribution in [3.63, 3.8) is 0 Å². The maximum Gasteiger partial charge on any atom is 0.232 e. The van der Waals surface area contributed by atoms with E-state index in [2.05, 4.69) is 19.1 Å². The van der Waals surface area contributed by atoms with Gasteiger partial charge >= 0.3 is 0 Å². The van der Waals surface area contributed by atoms with Crippen LogP contribution < -0.4 is 9.47 Å². The third-order valence-corrected chi connectivity index (χ3v) is 5.63. The summed E-state index contributed by atoms with van der Waals surface area (Å²) in [6.45, 7) is 4.27. The fourth-order valence-corrected chi connectivity index (χ4v) is 3.82. The molecule has 5 heteroatoms. The summed E-state index contributed by atoms with van der Waals surface area (Å²) in [6, 6.07) is 16.9. The first-order valence-corrected chi connectivity index (χ1v) is 10.4. The smallest absolute Gasteiger partial charge is 0.232 e. The van der Waals surface area contributed by atoms with Gasteiger partial charge in [0.15, 0.2) is 5.76 Å². The molecule has 0 aromatic heterocycles. The van der Waals surface area contributed by atoms with Gasteiger partial charge < -0.3 is 9.47 Å². The summed E-state index contributed by atoms with van der Waals surface area (Å²) in [5.74, 6) is 1.32. The molecule has 30 heavy (non-hydrogen) atoms. The molecule has 0 saturated carbocycles. The van der Waals surface area contributed by atoms with Crippen LogP contribution in [0.4, 0.5) is 0 Å². The molecular formula is C25H20Cl2O3. The Labute approximate surface area is 185 Å². The topological polar surface area (TPSA) is 35.5 Å². The number of benzene rings is 3. The van der Waals surface area contributed by atoms with E-state index >= 15 is 0 Å². The molecule has 0 unspecified atom stereocenters. The Balaban J connectivity index is 1.55. The van der Waals surface area contributed by atoms with Gasteiger partial charge in [0.05, 0.1) is 5.56 Å². The number of fused-ring (bicyclic) bond motifs is 1. The lowest BCUT2D eigenvalue weighted by Gasteiger charge is -2.10. The molecule has 0 spiro atoms. The molecule has 0 bridgehead atoms. The van der Waals surface area contributed by atoms with Gasteiger partial charge in [-0.05, 0) is 54.3 Å². The van der Waals surface area contributed by atoms with Crippen molar-refractivity contribution in [2.75, 3.05) is 0 Å². The van der Waals surface area contributed by atoms with Gasteiger partial charge in [0.1, 0.15) is 18.1 Å². The highest BCUT2D eigenvalue weighted by Crippen LogP contribution is 2.38. The van der Waals surface area contributed by atoms with Gasteiger partial charge in [-0.3, -0.25) is 4.79 Å². The molecule has 0 N–H and O–H groups in total. The molecule has 0 radical (unpaired) electrons. The lowest BCUT2D eigenvalue weighted by atomic mass is 10.0. The van der Waals surface area contributed by atoms with Crippen LogP contribution in [-0.2, 0) is 13.0 Å². The van der Waals surface area contributed by atoms with Crippen molar-refractivity contribution in [1.29, 1.82) is 0 Å². The summed E-state index contributed by atoms with van der Waals surface area (Å²) >= 11 is 12.2. The van der Waals surface area contributed by atoms with E-state index in [0.29, 0.717) is 32.9 Å². The van der Waals surface area contributed by atoms with Crippen molar-refractivity contribution < 1.29 is 14.3 Å². The van der Waals surface area contributed by atoms with E-state index in [1.165, 1.54) is 5.56 Å². The maximum absolute atomic E-state index is 12.8. The summed E-state index contributed by atoms with van der Waals surface area (Å²) in [5.41, 5.74) is 4.38. The Hall–Kier alpha value is -2.75. The van der Waals surface area contributed by atoms with Crippen LogP contribution in [0.1, 0.15) is 39.5 Å². The zero-order valence-corrected chi connectivity index (χ0v) is 18.2. The Bertz CT molecular complexity index is 1150. The fraction of sp³-hybridized carbons (Fsp3) is 0.160. The average molecular weight is 439 g/mol. The van der Waals surface area contributed by atoms with Gasteiger partial charge in [0.25, 0.3) is 0 Å². The SMILES string of the molecule is CCc1ccc(/C=C2\Oc3cc(OCc4ccc(Cl)cc4Cl)cc(C)c3C2=O)cc1. The largest absolute Gasteiger partial charge is 0.489 e. The summed E-state index contributed by atoms with van der Waals surface area (Å²) in [7, 11) is 0. The normalized spacial score (nSPS) is 14.0. The predicted molar refractivity (Wildman–Crippen MR) is 121 cm³/mol. The van der Waals surface area contributed by atoms with E-state index in [0.717, 1.165) is 23.1 Å². The molecule has 1 aliphatic rings. The molecule has 3 nitrogen and oxygen atoms in total. The van der Waals surface area contributed by atoms with Gasteiger partial charge in [-0.1, -0.05) is 60.5 Å². The average Bonchev–Trinajstić information content (AvgIpc) is 3.03. The molecule has 0 atom stereocenters. The van der Waals surface area contributed by atoms with Crippen LogP contribution in [0.2, 0.25) is 10.0 Å². The second-order valence-electron chi connectivity index (χ2n) is 7.17. The number of rotatable bonds is 5. The van der Waals surface area contributed by atoms with Gasteiger partial charge in [0.2, 0.25) is 5.78 Å². The highest BCUT2D eigenvalue weighted by atomic mass is 35.5. The standard InChI is InChI=1S/C25H20Cl2O3/c1-3-16-4-6-17(7-5-16)11-23-25(28)24-15(2)10-20(13-22(24)30-23)29-14-18-8-9-19(26)12-21(18)27/h4-13H,3,14H2,1-2H3/b23-11-. The number of carbonyl (C=O) groups excluding carboxylic acids is 1. The van der Waals surface area contributed by atoms with E-state index in [-0.39, 0.29) is 12.4 Å². The first kappa shape index (κ1) is 20.5. The van der Waals surface area contributed by atoms with Gasteiger partial charge in [0, 0.05) is 21.7 Å². The summed E-state index contributed by atoms with van der Waals surface area (Å²) in [4.78, 5) is 12.8. The van der Waals surface area contributed by atoms with Crippen LogP contribution in [0.5, 0.6) is 11.5 Å². The Morgan fingerprint density at radius 3 is 2.50 bits per heavy atom. The van der Waals surface area contributed by atoms with Gasteiger partial charge in [-0.2, -0.15) is 0 Å². The van der Waals surface area contributed by atoms with E-state index in [9.17, 15) is 4.79 Å². The van der Waals surface area contributed by atoms with Crippen LogP contribution >= 0.6 is 23.2 Å². The molecule has 0 amide bonds. The van der Waals surface area contributed by atoms with Crippen molar-refractivity contribution in [1.82, 2.24) is 0 Å². The number of Topliss-reactive ketones (excluding diaryl/α,β-unsaturated/α-hetero) is 1. The zero-order chi connectivity index (χ0) is 21.3. The molecule has 152 valence electrons. The number of hydrogen-bond acceptors (Lipinski definition) is 3. The maximum atomic E-state index is 12.8. The number of ether oxygens (including phenoxy) is 2. The number of allylic oxidation sites excluding steroid dienone is 1. The zero-order valence-electron chi connectivity index (χ0n) is 16.7. The Morgan fingerprint density at radius 2 is 1.80 bits per heavy atom. The van der Waals surface area contributed by atoms with Crippen molar-refractivity contribution in [3.8, 4) is 11.5 Å². The van der Waals surface area contributed by atoms with E-state index < -0.39 is 0 Å². The predicted octanol–water partition coefficient (Wildman–Crippen LogP) is 7.06. The van der Waals surface area contributed by atoms with Crippen LogP contribution in [0.3, 0.4) is 0 Å². The molecular weight excluding hydrogens is 419 g/mol. The quantitative estimate of drug-likeness (QED) is 0.399. The third kappa shape index (κ3) is 4.23. The number of halogens is 2. The highest BCUT2D eigenvalue weighted by Gasteiger charge is 2.30. The lowest BCUT2D eigenvalue weighted by Crippen LogP contribution is -2.00. The van der Waals surface area contributed by atoms with Crippen LogP contribution in [0.25, 0.3) is 6.08 Å². The number of hydrogen-bond donors (Lipinski definition) is 0. The van der Waals surface area contributed by atoms with Crippen molar-refractivity contribution in [2.24, 2.45) is 0 Å². The monoisotopic (exact) mass is 438 g/mol. The summed E-state index contributed by atoms with van der Waals surface area (Å²) in [5, 5.41) is 1.12. The molecule has 1 heterocycles. The molecule has 1 aliphatic heterocycles. The summed E-state index contributed by atoms with van der Waals surface area (Å²) in [6.07, 6.45) is 2.75. The second kappa shape index (κ2) is 8.55. The van der Waals surface area contributed by atoms with E-state index in [1.807, 2.05) is 31.2 Å². The molecule has 4 rings (SSSR count). The Kier molecular flexibility index (Phi) is 5.85. The van der Waals surface area contributed by atoms with Crippen LogP contribution in [0, 0.1) is 6.92 Å². The third-order valence-electron chi connectivity index (χ3n) is 5.04. The molecule has 0 aliphatic carbocycles. The van der Waals surface area contributed by atoms with E-state index in [1.54, 1.807) is 24.3 Å². The minimum atomic E-state index is -0.116. The minimum absolute atomic E-state index is 0.116. The number of aryl methyl sites for hydroxylation is 2. The number of ketones is 1. The highest BCUT2D eigenvalue weighted by molar-refractivity contribution is 6.35. The number of carbonyl (C=O) groups is 1. The van der Waals surface area contributed by atoms with Crippen LogP contribution in [0.15, 0.2) is 60.4 Å². The second-order valence-corrected chi connectivity index (χ2v) is 8.02. The summed E-state index contributed by atoms with van der Waals surface area (Å²) < 4.78 is 11.8. The van der Waals surface area contributed by atoms with E-state index in [4.69, 9.17) is 32.7 Å². The Morgan fingerprint density at radius 1 is 1.03 bits per heavy atom. The van der Waals surface area contributed by atoms with Crippen molar-refractivity contribution in [3.05, 3.63) is 98.2 Å². The van der Waals surface area contributed by atoms with Gasteiger partial charge in [-0.25, -0.2) is 0 Å². The van der Waals surface area contributed by atoms with Gasteiger partial charge in [-0.15, -0.1) is 0 Å². The van der Waals surface area contributed by atoms with Crippen molar-refractivity contribution in [2.45, 2.75) is 26.9 Å². The lowest BCUT2D eigenvalue weighted by molar-refractivity contribution is 0.101. The molecule has 0 saturated heterocycles. The first-order chi connectivity index (χ1) is 14.4. The minimum Gasteiger partial charge on any atom is -0.489 e. The first-order valence-electron chi connectivity index (χ1n) is 9.69. The molecule has 3 aromatic carbocycles. The van der Waals surface area contributed by atoms with Crippen molar-refractivity contribution >= 4 is 35.1 Å². The molecule has 3 aromatic rings.